The predicted octanol–water partition coefficient (Wildman–Crippen LogP) is 4.69. The molecule has 1 saturated heterocycles. The minimum atomic E-state index is -0.0190. The third-order valence-electron chi connectivity index (χ3n) is 5.75. The number of piperidine rings is 1. The van der Waals surface area contributed by atoms with Crippen LogP contribution in [-0.2, 0) is 4.79 Å². The van der Waals surface area contributed by atoms with Crippen molar-refractivity contribution in [1.29, 1.82) is 0 Å². The minimum Gasteiger partial charge on any atom is -0.342 e. The number of hydrogen-bond donors (Lipinski definition) is 1. The zero-order chi connectivity index (χ0) is 19.0. The molecule has 2 aliphatic rings. The molecule has 0 radical (unpaired) electrons. The molecule has 1 fully saturated rings. The maximum Gasteiger partial charge on any atom is 0.224 e. The molecule has 0 aliphatic carbocycles. The smallest absolute Gasteiger partial charge is 0.224 e. The summed E-state index contributed by atoms with van der Waals surface area (Å²) < 4.78 is 0. The van der Waals surface area contributed by atoms with E-state index in [1.807, 2.05) is 4.90 Å². The van der Waals surface area contributed by atoms with Gasteiger partial charge in [-0.3, -0.25) is 4.79 Å². The van der Waals surface area contributed by atoms with Crippen molar-refractivity contribution in [2.75, 3.05) is 24.5 Å². The molecule has 4 nitrogen and oxygen atoms in total. The van der Waals surface area contributed by atoms with Crippen molar-refractivity contribution in [3.05, 3.63) is 48.5 Å². The molecule has 0 aromatic heterocycles. The highest BCUT2D eigenvalue weighted by molar-refractivity contribution is 7.99. The summed E-state index contributed by atoms with van der Waals surface area (Å²) in [6.07, 6.45) is 1.39. The van der Waals surface area contributed by atoms with Gasteiger partial charge in [-0.25, -0.2) is 0 Å². The van der Waals surface area contributed by atoms with Crippen LogP contribution in [-0.4, -0.2) is 36.5 Å². The predicted molar refractivity (Wildman–Crippen MR) is 119 cm³/mol. The third kappa shape index (κ3) is 4.02. The average molecular weight is 418 g/mol. The molecule has 4 rings (SSSR count). The van der Waals surface area contributed by atoms with Crippen LogP contribution >= 0.6 is 24.2 Å². The lowest BCUT2D eigenvalue weighted by Crippen LogP contribution is -2.54. The molecule has 2 N–H and O–H groups in total. The number of anilines is 2. The SMILES string of the molecule is CC1(C)CN(C(=O)CCN2c3ccccc3Sc3ccccc32)CCC1N.Cl. The number of likely N-dealkylation sites (tertiary alicyclic amines) is 1. The molecule has 150 valence electrons. The number of benzene rings is 2. The lowest BCUT2D eigenvalue weighted by Gasteiger charge is -2.43. The maximum atomic E-state index is 12.9. The van der Waals surface area contributed by atoms with Crippen molar-refractivity contribution in [3.63, 3.8) is 0 Å². The molecule has 6 heteroatoms. The summed E-state index contributed by atoms with van der Waals surface area (Å²) in [6.45, 7) is 6.52. The van der Waals surface area contributed by atoms with E-state index in [2.05, 4.69) is 67.3 Å². The Bertz CT molecular complexity index is 812. The lowest BCUT2D eigenvalue weighted by atomic mass is 9.79. The summed E-state index contributed by atoms with van der Waals surface area (Å²) in [5, 5.41) is 0. The first-order valence-electron chi connectivity index (χ1n) is 9.62. The third-order valence-corrected chi connectivity index (χ3v) is 6.88. The molecule has 0 bridgehead atoms. The first kappa shape index (κ1) is 21.0. The van der Waals surface area contributed by atoms with Gasteiger partial charge in [0.25, 0.3) is 0 Å². The van der Waals surface area contributed by atoms with Gasteiger partial charge >= 0.3 is 0 Å². The molecule has 2 aliphatic heterocycles. The first-order chi connectivity index (χ1) is 13.0. The average Bonchev–Trinajstić information content (AvgIpc) is 2.67. The second-order valence-corrected chi connectivity index (χ2v) is 9.22. The van der Waals surface area contributed by atoms with Crippen LogP contribution < -0.4 is 10.6 Å². The lowest BCUT2D eigenvalue weighted by molar-refractivity contribution is -0.134. The van der Waals surface area contributed by atoms with Crippen LogP contribution in [0.5, 0.6) is 0 Å². The van der Waals surface area contributed by atoms with E-state index in [-0.39, 0.29) is 29.8 Å². The van der Waals surface area contributed by atoms with E-state index >= 15 is 0 Å². The molecule has 2 heterocycles. The van der Waals surface area contributed by atoms with Crippen LogP contribution in [0.2, 0.25) is 0 Å². The van der Waals surface area contributed by atoms with E-state index in [0.717, 1.165) is 19.5 Å². The largest absolute Gasteiger partial charge is 0.342 e. The Morgan fingerprint density at radius 3 is 2.25 bits per heavy atom. The number of nitrogens with zero attached hydrogens (tertiary/aromatic N) is 2. The standard InChI is InChI=1S/C22H27N3OS.ClH/c1-22(2)15-24(13-11-20(22)23)21(26)12-14-25-16-7-3-5-9-18(16)27-19-10-6-4-8-17(19)25;/h3-10,20H,11-15,23H2,1-2H3;1H. The first-order valence-corrected chi connectivity index (χ1v) is 10.4. The van der Waals surface area contributed by atoms with E-state index < -0.39 is 0 Å². The second-order valence-electron chi connectivity index (χ2n) is 8.14. The number of rotatable bonds is 3. The molecule has 0 saturated carbocycles. The van der Waals surface area contributed by atoms with Crippen molar-refractivity contribution in [2.24, 2.45) is 11.1 Å². The van der Waals surface area contributed by atoms with Crippen LogP contribution in [0.3, 0.4) is 0 Å². The molecule has 1 amide bonds. The summed E-state index contributed by atoms with van der Waals surface area (Å²) in [5.74, 6) is 0.225. The van der Waals surface area contributed by atoms with Crippen molar-refractivity contribution in [1.82, 2.24) is 4.90 Å². The molecule has 28 heavy (non-hydrogen) atoms. The van der Waals surface area contributed by atoms with Crippen LogP contribution in [0.1, 0.15) is 26.7 Å². The Kier molecular flexibility index (Phi) is 6.28. The molecule has 0 spiro atoms. The summed E-state index contributed by atoms with van der Waals surface area (Å²) in [6, 6.07) is 17.0. The van der Waals surface area contributed by atoms with Gasteiger partial charge in [-0.2, -0.15) is 0 Å². The number of nitrogens with two attached hydrogens (primary N) is 1. The highest BCUT2D eigenvalue weighted by Gasteiger charge is 2.35. The van der Waals surface area contributed by atoms with E-state index in [4.69, 9.17) is 5.73 Å². The molecule has 2 aromatic rings. The highest BCUT2D eigenvalue weighted by atomic mass is 35.5. The number of halogens is 1. The topological polar surface area (TPSA) is 49.6 Å². The molecular weight excluding hydrogens is 390 g/mol. The maximum absolute atomic E-state index is 12.9. The number of amides is 1. The van der Waals surface area contributed by atoms with E-state index in [1.165, 1.54) is 21.2 Å². The van der Waals surface area contributed by atoms with Gasteiger partial charge in [0.2, 0.25) is 5.91 Å². The Morgan fingerprint density at radius 1 is 1.11 bits per heavy atom. The van der Waals surface area contributed by atoms with Gasteiger partial charge in [-0.15, -0.1) is 12.4 Å². The fraction of sp³-hybridized carbons (Fsp3) is 0.409. The van der Waals surface area contributed by atoms with Gasteiger partial charge in [0.05, 0.1) is 11.4 Å². The Labute approximate surface area is 177 Å². The van der Waals surface area contributed by atoms with Gasteiger partial charge < -0.3 is 15.5 Å². The molecule has 1 atom stereocenters. The number of para-hydroxylation sites is 2. The monoisotopic (exact) mass is 417 g/mol. The van der Waals surface area contributed by atoms with Crippen molar-refractivity contribution in [2.45, 2.75) is 42.5 Å². The summed E-state index contributed by atoms with van der Waals surface area (Å²) in [4.78, 5) is 19.7. The van der Waals surface area contributed by atoms with E-state index in [0.29, 0.717) is 13.0 Å². The highest BCUT2D eigenvalue weighted by Crippen LogP contribution is 2.47. The fourth-order valence-electron chi connectivity index (χ4n) is 3.97. The Balaban J connectivity index is 0.00000225. The van der Waals surface area contributed by atoms with Crippen molar-refractivity contribution < 1.29 is 4.79 Å². The van der Waals surface area contributed by atoms with Gasteiger partial charge in [0, 0.05) is 41.9 Å². The molecular formula is C22H28ClN3OS. The zero-order valence-electron chi connectivity index (χ0n) is 16.4. The number of carbonyl (C=O) groups is 1. The zero-order valence-corrected chi connectivity index (χ0v) is 18.1. The normalized spacial score (nSPS) is 20.0. The van der Waals surface area contributed by atoms with Gasteiger partial charge in [0.1, 0.15) is 0 Å². The van der Waals surface area contributed by atoms with Crippen LogP contribution in [0, 0.1) is 5.41 Å². The number of hydrogen-bond acceptors (Lipinski definition) is 4. The van der Waals surface area contributed by atoms with Crippen LogP contribution in [0.15, 0.2) is 58.3 Å². The van der Waals surface area contributed by atoms with Gasteiger partial charge in [0.15, 0.2) is 0 Å². The van der Waals surface area contributed by atoms with Crippen LogP contribution in [0.25, 0.3) is 0 Å². The Morgan fingerprint density at radius 2 is 1.68 bits per heavy atom. The van der Waals surface area contributed by atoms with E-state index in [9.17, 15) is 4.79 Å². The fourth-order valence-corrected chi connectivity index (χ4v) is 5.07. The number of fused-ring (bicyclic) bond motifs is 2. The quantitative estimate of drug-likeness (QED) is 0.787. The molecule has 2 aromatic carbocycles. The summed E-state index contributed by atoms with van der Waals surface area (Å²) >= 11 is 1.80. The van der Waals surface area contributed by atoms with Crippen LogP contribution in [0.4, 0.5) is 11.4 Å². The van der Waals surface area contributed by atoms with Gasteiger partial charge in [-0.1, -0.05) is 49.9 Å². The van der Waals surface area contributed by atoms with Crippen molar-refractivity contribution in [3.8, 4) is 0 Å². The molecule has 1 unspecified atom stereocenters. The van der Waals surface area contributed by atoms with Gasteiger partial charge in [-0.05, 0) is 36.1 Å². The summed E-state index contributed by atoms with van der Waals surface area (Å²) in [7, 11) is 0. The van der Waals surface area contributed by atoms with Crippen molar-refractivity contribution >= 4 is 41.5 Å². The second kappa shape index (κ2) is 8.36. The van der Waals surface area contributed by atoms with E-state index in [1.54, 1.807) is 11.8 Å². The number of carbonyl (C=O) groups excluding carboxylic acids is 1. The Hall–Kier alpha value is -1.69. The minimum absolute atomic E-state index is 0. The summed E-state index contributed by atoms with van der Waals surface area (Å²) in [5.41, 5.74) is 8.58.